The maximum Gasteiger partial charge on any atom is 0.270 e. The van der Waals surface area contributed by atoms with Crippen molar-refractivity contribution in [2.24, 2.45) is 0 Å². The zero-order chi connectivity index (χ0) is 11.3. The van der Waals surface area contributed by atoms with E-state index in [1.165, 1.54) is 30.4 Å². The van der Waals surface area contributed by atoms with Gasteiger partial charge in [0, 0.05) is 18.2 Å². The molecule has 0 saturated carbocycles. The first-order valence-electron chi connectivity index (χ1n) is 3.93. The standard InChI is InChI=1S/C10H5N3O2/c11-5-1-2-8-3-4-10(13(14)15)6-9(8)7-12/h1-4,6H. The summed E-state index contributed by atoms with van der Waals surface area (Å²) < 4.78 is 0. The molecule has 0 amide bonds. The van der Waals surface area contributed by atoms with Gasteiger partial charge in [-0.1, -0.05) is 0 Å². The summed E-state index contributed by atoms with van der Waals surface area (Å²) in [6.45, 7) is 0. The van der Waals surface area contributed by atoms with E-state index in [4.69, 9.17) is 10.5 Å². The Morgan fingerprint density at radius 3 is 2.67 bits per heavy atom. The van der Waals surface area contributed by atoms with Gasteiger partial charge in [-0.25, -0.2) is 0 Å². The maximum absolute atomic E-state index is 10.4. The second kappa shape index (κ2) is 4.54. The van der Waals surface area contributed by atoms with Crippen LogP contribution in [0.1, 0.15) is 11.1 Å². The third-order valence-electron chi connectivity index (χ3n) is 1.71. The van der Waals surface area contributed by atoms with Crippen molar-refractivity contribution in [2.75, 3.05) is 0 Å². The average molecular weight is 199 g/mol. The van der Waals surface area contributed by atoms with E-state index < -0.39 is 4.92 Å². The number of nitriles is 2. The molecule has 0 aliphatic carbocycles. The van der Waals surface area contributed by atoms with E-state index in [0.717, 1.165) is 0 Å². The van der Waals surface area contributed by atoms with Crippen LogP contribution in [0.3, 0.4) is 0 Å². The Labute approximate surface area is 85.6 Å². The van der Waals surface area contributed by atoms with E-state index in [9.17, 15) is 10.1 Å². The fourth-order valence-electron chi connectivity index (χ4n) is 1.03. The van der Waals surface area contributed by atoms with Crippen molar-refractivity contribution in [1.29, 1.82) is 10.5 Å². The average Bonchev–Trinajstić information content (AvgIpc) is 2.25. The van der Waals surface area contributed by atoms with Gasteiger partial charge < -0.3 is 0 Å². The molecule has 0 N–H and O–H groups in total. The molecule has 15 heavy (non-hydrogen) atoms. The highest BCUT2D eigenvalue weighted by Gasteiger charge is 2.08. The van der Waals surface area contributed by atoms with Crippen LogP contribution in [-0.4, -0.2) is 4.92 Å². The van der Waals surface area contributed by atoms with Crippen molar-refractivity contribution < 1.29 is 4.92 Å². The first-order chi connectivity index (χ1) is 7.19. The molecule has 0 saturated heterocycles. The molecule has 0 heterocycles. The minimum Gasteiger partial charge on any atom is -0.258 e. The second-order valence-corrected chi connectivity index (χ2v) is 2.60. The molecule has 0 aromatic heterocycles. The number of hydrogen-bond donors (Lipinski definition) is 0. The number of allylic oxidation sites excluding steroid dienone is 1. The van der Waals surface area contributed by atoms with Crippen molar-refractivity contribution in [3.05, 3.63) is 45.5 Å². The fourth-order valence-corrected chi connectivity index (χ4v) is 1.03. The summed E-state index contributed by atoms with van der Waals surface area (Å²) in [5, 5.41) is 27.5. The summed E-state index contributed by atoms with van der Waals surface area (Å²) in [5.41, 5.74) is 0.529. The molecule has 0 fully saturated rings. The normalized spacial score (nSPS) is 9.47. The Kier molecular flexibility index (Phi) is 3.15. The Morgan fingerprint density at radius 2 is 2.13 bits per heavy atom. The lowest BCUT2D eigenvalue weighted by atomic mass is 10.1. The summed E-state index contributed by atoms with van der Waals surface area (Å²) in [5.74, 6) is 0. The highest BCUT2D eigenvalue weighted by molar-refractivity contribution is 5.62. The van der Waals surface area contributed by atoms with Crippen LogP contribution in [0.4, 0.5) is 5.69 Å². The predicted molar refractivity (Wildman–Crippen MR) is 52.5 cm³/mol. The molecule has 0 radical (unpaired) electrons. The van der Waals surface area contributed by atoms with Crippen molar-refractivity contribution in [1.82, 2.24) is 0 Å². The van der Waals surface area contributed by atoms with Crippen LogP contribution in [0.25, 0.3) is 6.08 Å². The molecule has 0 aliphatic heterocycles. The van der Waals surface area contributed by atoms with Crippen molar-refractivity contribution in [3.8, 4) is 12.1 Å². The minimum absolute atomic E-state index is 0.138. The molecule has 5 nitrogen and oxygen atoms in total. The largest absolute Gasteiger partial charge is 0.270 e. The fraction of sp³-hybridized carbons (Fsp3) is 0. The lowest BCUT2D eigenvalue weighted by Gasteiger charge is -1.96. The minimum atomic E-state index is -0.571. The lowest BCUT2D eigenvalue weighted by Crippen LogP contribution is -1.90. The van der Waals surface area contributed by atoms with Crippen LogP contribution in [0.15, 0.2) is 24.3 Å². The molecular weight excluding hydrogens is 194 g/mol. The SMILES string of the molecule is N#CC=Cc1ccc([N+](=O)[O-])cc1C#N. The Morgan fingerprint density at radius 1 is 1.40 bits per heavy atom. The zero-order valence-corrected chi connectivity index (χ0v) is 7.54. The van der Waals surface area contributed by atoms with Gasteiger partial charge in [-0.15, -0.1) is 0 Å². The summed E-state index contributed by atoms with van der Waals surface area (Å²) in [4.78, 5) is 9.85. The van der Waals surface area contributed by atoms with Gasteiger partial charge in [-0.2, -0.15) is 10.5 Å². The molecule has 72 valence electrons. The van der Waals surface area contributed by atoms with E-state index in [-0.39, 0.29) is 11.3 Å². The van der Waals surface area contributed by atoms with Gasteiger partial charge >= 0.3 is 0 Å². The molecular formula is C10H5N3O2. The van der Waals surface area contributed by atoms with Gasteiger partial charge in [0.1, 0.15) is 6.07 Å². The molecule has 0 spiro atoms. The monoisotopic (exact) mass is 199 g/mol. The maximum atomic E-state index is 10.4. The number of non-ortho nitro benzene ring substituents is 1. The van der Waals surface area contributed by atoms with Crippen LogP contribution in [0.5, 0.6) is 0 Å². The van der Waals surface area contributed by atoms with E-state index >= 15 is 0 Å². The van der Waals surface area contributed by atoms with Crippen molar-refractivity contribution in [2.45, 2.75) is 0 Å². The van der Waals surface area contributed by atoms with E-state index in [2.05, 4.69) is 0 Å². The summed E-state index contributed by atoms with van der Waals surface area (Å²) in [6, 6.07) is 7.52. The first kappa shape index (κ1) is 10.4. The number of nitrogens with zero attached hydrogens (tertiary/aromatic N) is 3. The molecule has 1 aromatic carbocycles. The smallest absolute Gasteiger partial charge is 0.258 e. The number of nitro benzene ring substituents is 1. The van der Waals surface area contributed by atoms with Crippen molar-refractivity contribution >= 4 is 11.8 Å². The van der Waals surface area contributed by atoms with Crippen LogP contribution < -0.4 is 0 Å². The zero-order valence-electron chi connectivity index (χ0n) is 7.54. The van der Waals surface area contributed by atoms with E-state index in [1.807, 2.05) is 6.07 Å². The predicted octanol–water partition coefficient (Wildman–Crippen LogP) is 2.00. The Balaban J connectivity index is 3.24. The van der Waals surface area contributed by atoms with Gasteiger partial charge in [0.15, 0.2) is 0 Å². The molecule has 5 heteroatoms. The highest BCUT2D eigenvalue weighted by atomic mass is 16.6. The highest BCUT2D eigenvalue weighted by Crippen LogP contribution is 2.18. The lowest BCUT2D eigenvalue weighted by molar-refractivity contribution is -0.384. The van der Waals surface area contributed by atoms with Crippen LogP contribution in [0.2, 0.25) is 0 Å². The van der Waals surface area contributed by atoms with Gasteiger partial charge in [0.2, 0.25) is 0 Å². The van der Waals surface area contributed by atoms with Gasteiger partial charge in [-0.3, -0.25) is 10.1 Å². The van der Waals surface area contributed by atoms with Gasteiger partial charge in [0.25, 0.3) is 5.69 Å². The number of rotatable bonds is 2. The number of nitro groups is 1. The topological polar surface area (TPSA) is 90.7 Å². The summed E-state index contributed by atoms with van der Waals surface area (Å²) in [7, 11) is 0. The molecule has 0 bridgehead atoms. The van der Waals surface area contributed by atoms with E-state index in [1.54, 1.807) is 6.07 Å². The molecule has 0 aliphatic rings. The quantitative estimate of drug-likeness (QED) is 0.413. The third-order valence-corrected chi connectivity index (χ3v) is 1.71. The Hall–Kier alpha value is -2.66. The van der Waals surface area contributed by atoms with Crippen LogP contribution in [0, 0.1) is 32.8 Å². The third kappa shape index (κ3) is 2.39. The van der Waals surface area contributed by atoms with Crippen LogP contribution in [-0.2, 0) is 0 Å². The van der Waals surface area contributed by atoms with Gasteiger partial charge in [-0.05, 0) is 17.7 Å². The summed E-state index contributed by atoms with van der Waals surface area (Å²) >= 11 is 0. The van der Waals surface area contributed by atoms with Crippen LogP contribution >= 0.6 is 0 Å². The summed E-state index contributed by atoms with van der Waals surface area (Å²) in [6.07, 6.45) is 2.64. The first-order valence-corrected chi connectivity index (χ1v) is 3.93. The number of hydrogen-bond acceptors (Lipinski definition) is 4. The molecule has 0 unspecified atom stereocenters. The van der Waals surface area contributed by atoms with Gasteiger partial charge in [0.05, 0.1) is 16.6 Å². The second-order valence-electron chi connectivity index (χ2n) is 2.60. The molecule has 1 aromatic rings. The number of benzene rings is 1. The van der Waals surface area contributed by atoms with Crippen molar-refractivity contribution in [3.63, 3.8) is 0 Å². The molecule has 1 rings (SSSR count). The Bertz CT molecular complexity index is 506. The molecule has 0 atom stereocenters. The van der Waals surface area contributed by atoms with E-state index in [0.29, 0.717) is 5.56 Å².